The minimum absolute atomic E-state index is 0.0973. The number of nitriles is 1. The Labute approximate surface area is 141 Å². The smallest absolute Gasteiger partial charge is 0.407 e. The van der Waals surface area contributed by atoms with E-state index in [4.69, 9.17) is 14.6 Å². The molecule has 0 aromatic heterocycles. The summed E-state index contributed by atoms with van der Waals surface area (Å²) < 4.78 is 11.2. The number of carbonyl (C=O) groups is 1. The highest BCUT2D eigenvalue weighted by Crippen LogP contribution is 2.33. The van der Waals surface area contributed by atoms with E-state index >= 15 is 0 Å². The second-order valence-corrected chi connectivity index (χ2v) is 6.17. The predicted octanol–water partition coefficient (Wildman–Crippen LogP) is 1.61. The van der Waals surface area contributed by atoms with Crippen molar-refractivity contribution in [3.8, 4) is 11.8 Å². The molecule has 2 aliphatic heterocycles. The molecule has 7 heteroatoms. The van der Waals surface area contributed by atoms with Gasteiger partial charge >= 0.3 is 6.09 Å². The van der Waals surface area contributed by atoms with Crippen LogP contribution in [0.2, 0.25) is 0 Å². The molecule has 1 aromatic carbocycles. The van der Waals surface area contributed by atoms with Crippen LogP contribution in [0, 0.1) is 18.3 Å². The topological polar surface area (TPSA) is 86.0 Å². The van der Waals surface area contributed by atoms with Crippen LogP contribution in [-0.2, 0) is 4.74 Å². The molecule has 7 nitrogen and oxygen atoms in total. The highest BCUT2D eigenvalue weighted by Gasteiger charge is 2.36. The van der Waals surface area contributed by atoms with E-state index in [1.54, 1.807) is 13.2 Å². The number of morpholine rings is 1. The van der Waals surface area contributed by atoms with E-state index in [-0.39, 0.29) is 12.1 Å². The van der Waals surface area contributed by atoms with Crippen LogP contribution in [0.4, 0.5) is 4.79 Å². The number of benzene rings is 1. The average molecular weight is 331 g/mol. The molecule has 1 amide bonds. The largest absolute Gasteiger partial charge is 0.495 e. The molecule has 3 rings (SSSR count). The summed E-state index contributed by atoms with van der Waals surface area (Å²) in [6.07, 6.45) is -0.989. The number of ether oxygens (including phenoxy) is 2. The maximum atomic E-state index is 11.1. The van der Waals surface area contributed by atoms with Crippen LogP contribution in [0.3, 0.4) is 0 Å². The molecule has 1 aromatic rings. The average Bonchev–Trinajstić information content (AvgIpc) is 2.60. The van der Waals surface area contributed by atoms with Crippen molar-refractivity contribution >= 4 is 6.09 Å². The van der Waals surface area contributed by atoms with Gasteiger partial charge in [-0.3, -0.25) is 4.90 Å². The first-order valence-corrected chi connectivity index (χ1v) is 7.96. The van der Waals surface area contributed by atoms with Gasteiger partial charge in [0, 0.05) is 26.2 Å². The van der Waals surface area contributed by atoms with E-state index in [9.17, 15) is 10.1 Å². The summed E-state index contributed by atoms with van der Waals surface area (Å²) in [6, 6.07) is 6.06. The molecule has 24 heavy (non-hydrogen) atoms. The number of methoxy groups -OCH3 is 1. The number of hydrogen-bond acceptors (Lipinski definition) is 5. The van der Waals surface area contributed by atoms with Gasteiger partial charge in [0.05, 0.1) is 31.4 Å². The van der Waals surface area contributed by atoms with Crippen molar-refractivity contribution in [2.45, 2.75) is 19.1 Å². The number of carboxylic acid groups (broad SMARTS) is 1. The number of piperazine rings is 1. The molecule has 0 radical (unpaired) electrons. The normalized spacial score (nSPS) is 24.1. The number of fused-ring (bicyclic) bond motifs is 1. The van der Waals surface area contributed by atoms with Gasteiger partial charge in [0.2, 0.25) is 0 Å². The molecular weight excluding hydrogens is 310 g/mol. The number of nitrogens with zero attached hydrogens (tertiary/aromatic N) is 3. The van der Waals surface area contributed by atoms with Crippen LogP contribution in [0.1, 0.15) is 22.8 Å². The van der Waals surface area contributed by atoms with Crippen LogP contribution in [-0.4, -0.2) is 66.9 Å². The first-order chi connectivity index (χ1) is 11.5. The van der Waals surface area contributed by atoms with Gasteiger partial charge in [0.1, 0.15) is 11.8 Å². The Hall–Kier alpha value is -2.30. The lowest BCUT2D eigenvalue weighted by Crippen LogP contribution is -2.59. The van der Waals surface area contributed by atoms with E-state index in [0.29, 0.717) is 44.1 Å². The SMILES string of the molecule is COc1ccc([C@@H]2CN3CCN(C(=O)O)C[C@H]3CO2)c(C)c1C#N. The van der Waals surface area contributed by atoms with E-state index in [1.165, 1.54) is 4.90 Å². The van der Waals surface area contributed by atoms with Crippen molar-refractivity contribution in [1.82, 2.24) is 9.80 Å². The first-order valence-electron chi connectivity index (χ1n) is 7.96. The molecular formula is C17H21N3O4. The molecule has 0 spiro atoms. The maximum Gasteiger partial charge on any atom is 0.407 e. The Morgan fingerprint density at radius 2 is 2.21 bits per heavy atom. The maximum absolute atomic E-state index is 11.1. The van der Waals surface area contributed by atoms with Crippen molar-refractivity contribution in [1.29, 1.82) is 5.26 Å². The van der Waals surface area contributed by atoms with Crippen LogP contribution in [0.15, 0.2) is 12.1 Å². The standard InChI is InChI=1S/C17H21N3O4/c1-11-13(3-4-15(23-2)14(11)7-18)16-9-19-5-6-20(17(21)22)8-12(19)10-24-16/h3-4,12,16H,5-6,8-10H2,1-2H3,(H,21,22)/t12-,16-/m0/s1. The molecule has 2 saturated heterocycles. The minimum atomic E-state index is -0.874. The zero-order chi connectivity index (χ0) is 17.3. The van der Waals surface area contributed by atoms with Gasteiger partial charge < -0.3 is 19.5 Å². The lowest BCUT2D eigenvalue weighted by molar-refractivity contribution is -0.0868. The molecule has 0 saturated carbocycles. The predicted molar refractivity (Wildman–Crippen MR) is 86.1 cm³/mol. The highest BCUT2D eigenvalue weighted by atomic mass is 16.5. The molecule has 2 atom stereocenters. The fraction of sp³-hybridized carbons (Fsp3) is 0.529. The first kappa shape index (κ1) is 16.6. The molecule has 1 N–H and O–H groups in total. The Kier molecular flexibility index (Phi) is 4.60. The zero-order valence-electron chi connectivity index (χ0n) is 13.9. The van der Waals surface area contributed by atoms with Gasteiger partial charge in [0.15, 0.2) is 0 Å². The monoisotopic (exact) mass is 331 g/mol. The quantitative estimate of drug-likeness (QED) is 0.886. The van der Waals surface area contributed by atoms with Crippen molar-refractivity contribution < 1.29 is 19.4 Å². The molecule has 2 aliphatic rings. The van der Waals surface area contributed by atoms with E-state index in [1.807, 2.05) is 13.0 Å². The van der Waals surface area contributed by atoms with E-state index < -0.39 is 6.09 Å². The van der Waals surface area contributed by atoms with Crippen LogP contribution >= 0.6 is 0 Å². The van der Waals surface area contributed by atoms with Crippen molar-refractivity contribution in [3.05, 3.63) is 28.8 Å². The van der Waals surface area contributed by atoms with Gasteiger partial charge in [-0.05, 0) is 24.1 Å². The van der Waals surface area contributed by atoms with Gasteiger partial charge in [-0.25, -0.2) is 4.79 Å². The lowest BCUT2D eigenvalue weighted by atomic mass is 9.96. The van der Waals surface area contributed by atoms with Crippen LogP contribution in [0.25, 0.3) is 0 Å². The summed E-state index contributed by atoms with van der Waals surface area (Å²) in [7, 11) is 1.55. The van der Waals surface area contributed by atoms with Gasteiger partial charge in [-0.2, -0.15) is 5.26 Å². The fourth-order valence-electron chi connectivity index (χ4n) is 3.51. The summed E-state index contributed by atoms with van der Waals surface area (Å²) in [5.74, 6) is 0.572. The third kappa shape index (κ3) is 2.90. The van der Waals surface area contributed by atoms with E-state index in [2.05, 4.69) is 11.0 Å². The zero-order valence-corrected chi connectivity index (χ0v) is 13.9. The number of amides is 1. The summed E-state index contributed by atoms with van der Waals surface area (Å²) in [4.78, 5) is 14.8. The Morgan fingerprint density at radius 3 is 2.88 bits per heavy atom. The molecule has 128 valence electrons. The Balaban J connectivity index is 1.77. The highest BCUT2D eigenvalue weighted by molar-refractivity contribution is 5.65. The van der Waals surface area contributed by atoms with Crippen molar-refractivity contribution in [2.75, 3.05) is 39.9 Å². The summed E-state index contributed by atoms with van der Waals surface area (Å²) in [5.41, 5.74) is 2.41. The van der Waals surface area contributed by atoms with Crippen molar-refractivity contribution in [2.24, 2.45) is 0 Å². The summed E-state index contributed by atoms with van der Waals surface area (Å²) in [6.45, 7) is 4.81. The summed E-state index contributed by atoms with van der Waals surface area (Å²) >= 11 is 0. The second-order valence-electron chi connectivity index (χ2n) is 6.17. The second kappa shape index (κ2) is 6.67. The van der Waals surface area contributed by atoms with Gasteiger partial charge in [-0.15, -0.1) is 0 Å². The molecule has 0 unspecified atom stereocenters. The third-order valence-corrected chi connectivity index (χ3v) is 4.91. The van der Waals surface area contributed by atoms with Crippen LogP contribution in [0.5, 0.6) is 5.75 Å². The molecule has 2 heterocycles. The van der Waals surface area contributed by atoms with Gasteiger partial charge in [0.25, 0.3) is 0 Å². The van der Waals surface area contributed by atoms with Gasteiger partial charge in [-0.1, -0.05) is 6.07 Å². The van der Waals surface area contributed by atoms with Crippen molar-refractivity contribution in [3.63, 3.8) is 0 Å². The summed E-state index contributed by atoms with van der Waals surface area (Å²) in [5, 5.41) is 18.5. The number of rotatable bonds is 2. The number of hydrogen-bond donors (Lipinski definition) is 1. The van der Waals surface area contributed by atoms with E-state index in [0.717, 1.165) is 11.1 Å². The fourth-order valence-corrected chi connectivity index (χ4v) is 3.51. The molecule has 0 bridgehead atoms. The Bertz CT molecular complexity index is 685. The van der Waals surface area contributed by atoms with Crippen LogP contribution < -0.4 is 4.74 Å². The molecule has 0 aliphatic carbocycles. The Morgan fingerprint density at radius 1 is 1.42 bits per heavy atom. The lowest BCUT2D eigenvalue weighted by Gasteiger charge is -2.45. The minimum Gasteiger partial charge on any atom is -0.495 e. The molecule has 2 fully saturated rings. The third-order valence-electron chi connectivity index (χ3n) is 4.91.